The summed E-state index contributed by atoms with van der Waals surface area (Å²) in [6, 6.07) is 17.9. The molecule has 1 fully saturated rings. The number of rotatable bonds is 8. The van der Waals surface area contributed by atoms with E-state index in [0.717, 1.165) is 37.1 Å². The van der Waals surface area contributed by atoms with Crippen molar-refractivity contribution in [2.75, 3.05) is 32.6 Å². The molecule has 4 nitrogen and oxygen atoms in total. The molecule has 2 aromatic rings. The van der Waals surface area contributed by atoms with Crippen molar-refractivity contribution < 1.29 is 14.6 Å². The smallest absolute Gasteiger partial charge is 0.227 e. The summed E-state index contributed by atoms with van der Waals surface area (Å²) in [7, 11) is 0. The molecule has 5 heteroatoms. The van der Waals surface area contributed by atoms with Crippen LogP contribution in [0.2, 0.25) is 0 Å². The Balaban J connectivity index is 1.56. The molecule has 2 aromatic carbocycles. The van der Waals surface area contributed by atoms with Crippen molar-refractivity contribution in [3.63, 3.8) is 0 Å². The Labute approximate surface area is 171 Å². The van der Waals surface area contributed by atoms with E-state index in [1.165, 1.54) is 4.90 Å². The number of benzene rings is 2. The Bertz CT molecular complexity index is 750. The topological polar surface area (TPSA) is 49.8 Å². The van der Waals surface area contributed by atoms with Crippen LogP contribution in [0.4, 0.5) is 0 Å². The van der Waals surface area contributed by atoms with E-state index >= 15 is 0 Å². The second-order valence-electron chi connectivity index (χ2n) is 7.51. The quantitative estimate of drug-likeness (QED) is 0.681. The third-order valence-electron chi connectivity index (χ3n) is 5.51. The first-order chi connectivity index (χ1) is 13.6. The Morgan fingerprint density at radius 3 is 2.61 bits per heavy atom. The van der Waals surface area contributed by atoms with Gasteiger partial charge in [-0.15, -0.1) is 11.8 Å². The third-order valence-corrected chi connectivity index (χ3v) is 6.25. The maximum Gasteiger partial charge on any atom is 0.227 e. The van der Waals surface area contributed by atoms with Gasteiger partial charge in [-0.05, 0) is 55.3 Å². The zero-order chi connectivity index (χ0) is 19.8. The molecule has 1 heterocycles. The molecule has 1 saturated heterocycles. The largest absolute Gasteiger partial charge is 0.494 e. The average molecular weight is 400 g/mol. The van der Waals surface area contributed by atoms with Gasteiger partial charge < -0.3 is 14.7 Å². The number of amides is 1. The molecule has 28 heavy (non-hydrogen) atoms. The molecule has 1 amide bonds. The molecule has 0 aliphatic carbocycles. The molecule has 3 rings (SSSR count). The lowest BCUT2D eigenvalue weighted by molar-refractivity contribution is -0.135. The number of hydrogen-bond acceptors (Lipinski definition) is 4. The molecule has 0 spiro atoms. The molecule has 0 radical (unpaired) electrons. The summed E-state index contributed by atoms with van der Waals surface area (Å²) in [6.45, 7) is 1.99. The second-order valence-corrected chi connectivity index (χ2v) is 8.39. The molecule has 1 atom stereocenters. The van der Waals surface area contributed by atoms with Gasteiger partial charge in [0, 0.05) is 23.4 Å². The predicted octanol–water partition coefficient (Wildman–Crippen LogP) is 4.02. The van der Waals surface area contributed by atoms with Crippen LogP contribution in [0.25, 0.3) is 0 Å². The predicted molar refractivity (Wildman–Crippen MR) is 114 cm³/mol. The van der Waals surface area contributed by atoms with Gasteiger partial charge in [0.25, 0.3) is 0 Å². The van der Waals surface area contributed by atoms with Gasteiger partial charge in [0.15, 0.2) is 0 Å². The summed E-state index contributed by atoms with van der Waals surface area (Å²) in [6.07, 6.45) is 5.04. The van der Waals surface area contributed by atoms with Gasteiger partial charge in [0.1, 0.15) is 5.75 Å². The maximum absolute atomic E-state index is 12.8. The van der Waals surface area contributed by atoms with Crippen molar-refractivity contribution in [1.29, 1.82) is 0 Å². The van der Waals surface area contributed by atoms with Gasteiger partial charge in [-0.3, -0.25) is 4.79 Å². The van der Waals surface area contributed by atoms with Crippen molar-refractivity contribution in [3.05, 3.63) is 60.2 Å². The van der Waals surface area contributed by atoms with Crippen molar-refractivity contribution in [3.8, 4) is 5.75 Å². The summed E-state index contributed by atoms with van der Waals surface area (Å²) in [5.41, 5.74) is 0.765. The molecule has 0 aromatic heterocycles. The number of carbonyl (C=O) groups excluding carboxylic acids is 1. The first-order valence-corrected chi connectivity index (χ1v) is 11.1. The van der Waals surface area contributed by atoms with Crippen molar-refractivity contribution in [2.45, 2.75) is 30.6 Å². The number of likely N-dealkylation sites (tertiary alicyclic amines) is 1. The summed E-state index contributed by atoms with van der Waals surface area (Å²) in [5, 5.41) is 10.1. The monoisotopic (exact) mass is 399 g/mol. The number of aliphatic hydroxyl groups is 1. The SMILES string of the molecule is CSc1ccc(CC(=O)N2CCC[C@](CO)(CCOc3ccccc3)C2)cc1. The van der Waals surface area contributed by atoms with E-state index in [1.807, 2.05) is 53.6 Å². The van der Waals surface area contributed by atoms with Crippen LogP contribution in [-0.4, -0.2) is 48.5 Å². The third kappa shape index (κ3) is 5.52. The summed E-state index contributed by atoms with van der Waals surface area (Å²) in [4.78, 5) is 16.0. The first-order valence-electron chi connectivity index (χ1n) is 9.83. The Hall–Kier alpha value is -1.98. The highest BCUT2D eigenvalue weighted by atomic mass is 32.2. The molecule has 0 unspecified atom stereocenters. The highest BCUT2D eigenvalue weighted by Gasteiger charge is 2.36. The second kappa shape index (κ2) is 9.99. The maximum atomic E-state index is 12.8. The van der Waals surface area contributed by atoms with E-state index in [1.54, 1.807) is 11.8 Å². The standard InChI is InChI=1S/C23H29NO3S/c1-28-21-10-8-19(9-11-21)16-22(26)24-14-5-12-23(17-24,18-25)13-15-27-20-6-3-2-4-7-20/h2-4,6-11,25H,5,12-18H2,1H3/t23-/m0/s1. The zero-order valence-corrected chi connectivity index (χ0v) is 17.3. The zero-order valence-electron chi connectivity index (χ0n) is 16.5. The van der Waals surface area contributed by atoms with Gasteiger partial charge >= 0.3 is 0 Å². The Morgan fingerprint density at radius 1 is 1.18 bits per heavy atom. The number of ether oxygens (including phenoxy) is 1. The number of carbonyl (C=O) groups is 1. The van der Waals surface area contributed by atoms with Gasteiger partial charge in [0.05, 0.1) is 19.6 Å². The number of aliphatic hydroxyl groups excluding tert-OH is 1. The van der Waals surface area contributed by atoms with Crippen LogP contribution in [0.5, 0.6) is 5.75 Å². The van der Waals surface area contributed by atoms with Crippen LogP contribution < -0.4 is 4.74 Å². The van der Waals surface area contributed by atoms with E-state index in [9.17, 15) is 9.90 Å². The van der Waals surface area contributed by atoms with Crippen molar-refractivity contribution >= 4 is 17.7 Å². The minimum Gasteiger partial charge on any atom is -0.494 e. The van der Waals surface area contributed by atoms with Crippen LogP contribution in [0.1, 0.15) is 24.8 Å². The molecular formula is C23H29NO3S. The van der Waals surface area contributed by atoms with E-state index in [0.29, 0.717) is 19.6 Å². The summed E-state index contributed by atoms with van der Waals surface area (Å²) in [5.74, 6) is 0.978. The lowest BCUT2D eigenvalue weighted by Gasteiger charge is -2.42. The number of para-hydroxylation sites is 1. The molecule has 0 saturated carbocycles. The molecule has 0 bridgehead atoms. The minimum absolute atomic E-state index is 0.0807. The first kappa shape index (κ1) is 20.7. The van der Waals surface area contributed by atoms with Gasteiger partial charge in [0.2, 0.25) is 5.91 Å². The van der Waals surface area contributed by atoms with Gasteiger partial charge in [-0.2, -0.15) is 0 Å². The molecular weight excluding hydrogens is 370 g/mol. The normalized spacial score (nSPS) is 19.4. The molecule has 1 aliphatic rings. The van der Waals surface area contributed by atoms with Crippen LogP contribution in [-0.2, 0) is 11.2 Å². The minimum atomic E-state index is -0.272. The number of piperidine rings is 1. The number of hydrogen-bond donors (Lipinski definition) is 1. The molecule has 150 valence electrons. The Morgan fingerprint density at radius 2 is 1.93 bits per heavy atom. The van der Waals surface area contributed by atoms with Gasteiger partial charge in [-0.25, -0.2) is 0 Å². The van der Waals surface area contributed by atoms with E-state index < -0.39 is 0 Å². The average Bonchev–Trinajstić information content (AvgIpc) is 2.75. The van der Waals surface area contributed by atoms with E-state index in [2.05, 4.69) is 12.1 Å². The highest BCUT2D eigenvalue weighted by molar-refractivity contribution is 7.98. The number of thioether (sulfide) groups is 1. The lowest BCUT2D eigenvalue weighted by Crippen LogP contribution is -2.49. The fraction of sp³-hybridized carbons (Fsp3) is 0.435. The highest BCUT2D eigenvalue weighted by Crippen LogP contribution is 2.33. The Kier molecular flexibility index (Phi) is 7.40. The summed E-state index contributed by atoms with van der Waals surface area (Å²) < 4.78 is 5.83. The van der Waals surface area contributed by atoms with Gasteiger partial charge in [-0.1, -0.05) is 30.3 Å². The number of nitrogens with zero attached hydrogens (tertiary/aromatic N) is 1. The molecule has 1 N–H and O–H groups in total. The van der Waals surface area contributed by atoms with E-state index in [4.69, 9.17) is 4.74 Å². The van der Waals surface area contributed by atoms with Crippen molar-refractivity contribution in [1.82, 2.24) is 4.90 Å². The molecule has 1 aliphatic heterocycles. The lowest BCUT2D eigenvalue weighted by atomic mass is 9.78. The van der Waals surface area contributed by atoms with E-state index in [-0.39, 0.29) is 17.9 Å². The van der Waals surface area contributed by atoms with Crippen LogP contribution in [0.15, 0.2) is 59.5 Å². The van der Waals surface area contributed by atoms with Crippen LogP contribution in [0.3, 0.4) is 0 Å². The fourth-order valence-corrected chi connectivity index (χ4v) is 4.17. The fourth-order valence-electron chi connectivity index (χ4n) is 3.76. The van der Waals surface area contributed by atoms with Crippen LogP contribution in [0, 0.1) is 5.41 Å². The van der Waals surface area contributed by atoms with Crippen molar-refractivity contribution in [2.24, 2.45) is 5.41 Å². The van der Waals surface area contributed by atoms with Crippen LogP contribution >= 0.6 is 11.8 Å². The summed E-state index contributed by atoms with van der Waals surface area (Å²) >= 11 is 1.70.